The predicted molar refractivity (Wildman–Crippen MR) is 80.2 cm³/mol. The van der Waals surface area contributed by atoms with Gasteiger partial charge >= 0.3 is 6.18 Å². The van der Waals surface area contributed by atoms with Crippen molar-refractivity contribution in [1.82, 2.24) is 10.2 Å². The first-order valence-corrected chi connectivity index (χ1v) is 7.19. The van der Waals surface area contributed by atoms with Gasteiger partial charge in [0.2, 0.25) is 0 Å². The lowest BCUT2D eigenvalue weighted by Crippen LogP contribution is -2.43. The molecule has 0 bridgehead atoms. The summed E-state index contributed by atoms with van der Waals surface area (Å²) in [6.45, 7) is 6.72. The van der Waals surface area contributed by atoms with Crippen molar-refractivity contribution in [3.8, 4) is 0 Å². The number of rotatable bonds is 6. The third-order valence-corrected chi connectivity index (χ3v) is 3.56. The number of hydrogen-bond acceptors (Lipinski definition) is 2. The largest absolute Gasteiger partial charge is 0.416 e. The van der Waals surface area contributed by atoms with Crippen LogP contribution in [0.3, 0.4) is 0 Å². The maximum absolute atomic E-state index is 13.1. The van der Waals surface area contributed by atoms with Gasteiger partial charge in [-0.05, 0) is 38.6 Å². The molecule has 5 heteroatoms. The number of halogens is 3. The minimum absolute atomic E-state index is 0.135. The van der Waals surface area contributed by atoms with Crippen molar-refractivity contribution in [2.75, 3.05) is 20.6 Å². The zero-order valence-electron chi connectivity index (χ0n) is 13.3. The van der Waals surface area contributed by atoms with Gasteiger partial charge < -0.3 is 10.2 Å². The highest BCUT2D eigenvalue weighted by molar-refractivity contribution is 5.32. The average molecular weight is 302 g/mol. The molecule has 0 aliphatic carbocycles. The van der Waals surface area contributed by atoms with Crippen molar-refractivity contribution in [1.29, 1.82) is 0 Å². The Kier molecular flexibility index (Phi) is 6.23. The Morgan fingerprint density at radius 3 is 2.14 bits per heavy atom. The van der Waals surface area contributed by atoms with E-state index in [0.717, 1.165) is 12.6 Å². The van der Waals surface area contributed by atoms with Crippen LogP contribution in [0.2, 0.25) is 0 Å². The van der Waals surface area contributed by atoms with E-state index in [2.05, 4.69) is 19.2 Å². The summed E-state index contributed by atoms with van der Waals surface area (Å²) in [5.74, 6) is 0.341. The first-order valence-electron chi connectivity index (χ1n) is 7.19. The van der Waals surface area contributed by atoms with Crippen molar-refractivity contribution in [2.24, 2.45) is 5.92 Å². The van der Waals surface area contributed by atoms with E-state index in [1.54, 1.807) is 19.1 Å². The van der Waals surface area contributed by atoms with Crippen LogP contribution in [0.15, 0.2) is 24.3 Å². The molecule has 1 aromatic carbocycles. The van der Waals surface area contributed by atoms with Gasteiger partial charge in [0.25, 0.3) is 0 Å². The summed E-state index contributed by atoms with van der Waals surface area (Å²) in [5.41, 5.74) is -0.258. The van der Waals surface area contributed by atoms with Crippen molar-refractivity contribution in [3.63, 3.8) is 0 Å². The van der Waals surface area contributed by atoms with Gasteiger partial charge in [-0.1, -0.05) is 32.0 Å². The molecule has 2 atom stereocenters. The Morgan fingerprint density at radius 2 is 1.67 bits per heavy atom. The van der Waals surface area contributed by atoms with Crippen LogP contribution in [0.4, 0.5) is 13.2 Å². The first-order chi connectivity index (χ1) is 9.62. The van der Waals surface area contributed by atoms with E-state index in [4.69, 9.17) is 0 Å². The van der Waals surface area contributed by atoms with E-state index < -0.39 is 11.7 Å². The molecule has 0 amide bonds. The molecule has 0 aliphatic heterocycles. The molecule has 0 radical (unpaired) electrons. The van der Waals surface area contributed by atoms with Gasteiger partial charge in [0, 0.05) is 18.6 Å². The lowest BCUT2D eigenvalue weighted by atomic mass is 9.97. The fraction of sp³-hybridized carbons (Fsp3) is 0.625. The molecule has 0 aromatic heterocycles. The van der Waals surface area contributed by atoms with Crippen molar-refractivity contribution in [2.45, 2.75) is 39.0 Å². The maximum atomic E-state index is 13.1. The van der Waals surface area contributed by atoms with Crippen LogP contribution in [0, 0.1) is 5.92 Å². The van der Waals surface area contributed by atoms with Crippen LogP contribution in [0.25, 0.3) is 0 Å². The van der Waals surface area contributed by atoms with Gasteiger partial charge in [-0.3, -0.25) is 0 Å². The summed E-state index contributed by atoms with van der Waals surface area (Å²) in [6, 6.07) is 5.56. The maximum Gasteiger partial charge on any atom is 0.416 e. The Bertz CT molecular complexity index is 441. The number of nitrogens with one attached hydrogen (secondary N) is 1. The quantitative estimate of drug-likeness (QED) is 0.856. The monoisotopic (exact) mass is 302 g/mol. The summed E-state index contributed by atoms with van der Waals surface area (Å²) >= 11 is 0. The highest BCUT2D eigenvalue weighted by atomic mass is 19.4. The van der Waals surface area contributed by atoms with Gasteiger partial charge in [0.05, 0.1) is 5.56 Å². The van der Waals surface area contributed by atoms with E-state index in [0.29, 0.717) is 11.5 Å². The van der Waals surface area contributed by atoms with Crippen LogP contribution in [0.5, 0.6) is 0 Å². The van der Waals surface area contributed by atoms with E-state index >= 15 is 0 Å². The Balaban J connectivity index is 2.95. The molecule has 2 nitrogen and oxygen atoms in total. The van der Waals surface area contributed by atoms with Gasteiger partial charge in [-0.25, -0.2) is 0 Å². The smallest absolute Gasteiger partial charge is 0.308 e. The molecule has 0 fully saturated rings. The molecular formula is C16H25F3N2. The first kappa shape index (κ1) is 18.0. The van der Waals surface area contributed by atoms with E-state index in [1.807, 2.05) is 19.0 Å². The normalized spacial score (nSPS) is 15.5. The molecule has 120 valence electrons. The number of likely N-dealkylation sites (N-methyl/N-ethyl adjacent to an activating group) is 1. The third-order valence-electron chi connectivity index (χ3n) is 3.56. The second kappa shape index (κ2) is 7.27. The molecular weight excluding hydrogens is 277 g/mol. The van der Waals surface area contributed by atoms with Crippen molar-refractivity contribution < 1.29 is 13.2 Å². The molecule has 21 heavy (non-hydrogen) atoms. The SMILES string of the molecule is CC(NC(CN(C)C)C(C)C)c1ccccc1C(F)(F)F. The second-order valence-electron chi connectivity index (χ2n) is 6.09. The van der Waals surface area contributed by atoms with E-state index in [-0.39, 0.29) is 12.1 Å². The van der Waals surface area contributed by atoms with Crippen LogP contribution in [-0.2, 0) is 6.18 Å². The topological polar surface area (TPSA) is 15.3 Å². The highest BCUT2D eigenvalue weighted by Gasteiger charge is 2.34. The van der Waals surface area contributed by atoms with Gasteiger partial charge in [-0.2, -0.15) is 13.2 Å². The summed E-state index contributed by atoms with van der Waals surface area (Å²) in [5, 5.41) is 3.33. The summed E-state index contributed by atoms with van der Waals surface area (Å²) in [6.07, 6.45) is -4.32. The van der Waals surface area contributed by atoms with Crippen LogP contribution in [-0.4, -0.2) is 31.6 Å². The number of alkyl halides is 3. The average Bonchev–Trinajstić information content (AvgIpc) is 2.36. The van der Waals surface area contributed by atoms with Crippen LogP contribution < -0.4 is 5.32 Å². The highest BCUT2D eigenvalue weighted by Crippen LogP contribution is 2.34. The molecule has 0 saturated carbocycles. The van der Waals surface area contributed by atoms with Gasteiger partial charge in [0.1, 0.15) is 0 Å². The third kappa shape index (κ3) is 5.32. The van der Waals surface area contributed by atoms with E-state index in [9.17, 15) is 13.2 Å². The molecule has 1 rings (SSSR count). The minimum atomic E-state index is -4.32. The molecule has 2 unspecified atom stereocenters. The molecule has 0 saturated heterocycles. The lowest BCUT2D eigenvalue weighted by molar-refractivity contribution is -0.138. The van der Waals surface area contributed by atoms with Gasteiger partial charge in [0.15, 0.2) is 0 Å². The number of benzene rings is 1. The molecule has 1 N–H and O–H groups in total. The summed E-state index contributed by atoms with van der Waals surface area (Å²) < 4.78 is 39.2. The molecule has 0 heterocycles. The lowest BCUT2D eigenvalue weighted by Gasteiger charge is -2.30. The zero-order chi connectivity index (χ0) is 16.2. The Hall–Kier alpha value is -1.07. The van der Waals surface area contributed by atoms with Crippen LogP contribution >= 0.6 is 0 Å². The van der Waals surface area contributed by atoms with Crippen molar-refractivity contribution in [3.05, 3.63) is 35.4 Å². The van der Waals surface area contributed by atoms with Crippen molar-refractivity contribution >= 4 is 0 Å². The van der Waals surface area contributed by atoms with Crippen LogP contribution in [0.1, 0.15) is 37.9 Å². The molecule has 0 spiro atoms. The number of nitrogens with zero attached hydrogens (tertiary/aromatic N) is 1. The van der Waals surface area contributed by atoms with E-state index in [1.165, 1.54) is 6.07 Å². The second-order valence-corrected chi connectivity index (χ2v) is 6.09. The Labute approximate surface area is 125 Å². The predicted octanol–water partition coefficient (Wildman–Crippen LogP) is 3.94. The molecule has 0 aliphatic rings. The fourth-order valence-electron chi connectivity index (χ4n) is 2.39. The van der Waals surface area contributed by atoms with Gasteiger partial charge in [-0.15, -0.1) is 0 Å². The molecule has 1 aromatic rings. The minimum Gasteiger partial charge on any atom is -0.308 e. The fourth-order valence-corrected chi connectivity index (χ4v) is 2.39. The summed E-state index contributed by atoms with van der Waals surface area (Å²) in [4.78, 5) is 2.04. The standard InChI is InChI=1S/C16H25F3N2/c1-11(2)15(10-21(4)5)20-12(3)13-8-6-7-9-14(13)16(17,18)19/h6-9,11-12,15,20H,10H2,1-5H3. The number of hydrogen-bond donors (Lipinski definition) is 1. The Morgan fingerprint density at radius 1 is 1.10 bits per heavy atom. The summed E-state index contributed by atoms with van der Waals surface area (Å²) in [7, 11) is 3.93. The zero-order valence-corrected chi connectivity index (χ0v) is 13.3.